The number of aliphatic carboxylic acids is 2. The zero-order valence-electron chi connectivity index (χ0n) is 12.4. The smallest absolute Gasteiger partial charge is 0.331 e. The molecule has 0 aromatic heterocycles. The van der Waals surface area contributed by atoms with Crippen LogP contribution >= 0.6 is 0 Å². The van der Waals surface area contributed by atoms with Gasteiger partial charge in [-0.2, -0.15) is 0 Å². The highest BCUT2D eigenvalue weighted by atomic mass is 16.5. The van der Waals surface area contributed by atoms with Gasteiger partial charge < -0.3 is 14.9 Å². The van der Waals surface area contributed by atoms with Crippen LogP contribution in [0.1, 0.15) is 33.1 Å². The number of rotatable bonds is 8. The number of carbonyl (C=O) groups is 3. The number of esters is 1. The summed E-state index contributed by atoms with van der Waals surface area (Å²) in [5, 5.41) is 16.7. The standard InChI is InChI=1S/C8H10O4.C7H12O2/c1-5(7(9)10)3-4-6(2)8(11)12;1-3-5-6-9-7(8)4-2/h4H,1,3H2,2H3,(H,9,10)(H,11,12);4H,2-3,5-6H2,1H3. The quantitative estimate of drug-likeness (QED) is 0.406. The van der Waals surface area contributed by atoms with Crippen LogP contribution in [0, 0.1) is 0 Å². The Morgan fingerprint density at radius 2 is 1.76 bits per heavy atom. The molecule has 0 aromatic rings. The van der Waals surface area contributed by atoms with Crippen molar-refractivity contribution in [3.63, 3.8) is 0 Å². The van der Waals surface area contributed by atoms with Crippen molar-refractivity contribution in [2.24, 2.45) is 0 Å². The number of allylic oxidation sites excluding steroid dienone is 1. The highest BCUT2D eigenvalue weighted by Gasteiger charge is 2.03. The van der Waals surface area contributed by atoms with Crippen molar-refractivity contribution >= 4 is 17.9 Å². The molecule has 6 heteroatoms. The van der Waals surface area contributed by atoms with Gasteiger partial charge in [0.1, 0.15) is 0 Å². The van der Waals surface area contributed by atoms with E-state index in [1.54, 1.807) is 0 Å². The van der Waals surface area contributed by atoms with Gasteiger partial charge in [-0.1, -0.05) is 32.6 Å². The van der Waals surface area contributed by atoms with Crippen LogP contribution < -0.4 is 0 Å². The van der Waals surface area contributed by atoms with Gasteiger partial charge in [-0.15, -0.1) is 0 Å². The summed E-state index contributed by atoms with van der Waals surface area (Å²) in [5.74, 6) is -2.49. The van der Waals surface area contributed by atoms with E-state index in [4.69, 9.17) is 10.2 Å². The fourth-order valence-electron chi connectivity index (χ4n) is 0.827. The van der Waals surface area contributed by atoms with Gasteiger partial charge in [0.05, 0.1) is 6.61 Å². The van der Waals surface area contributed by atoms with E-state index in [1.807, 2.05) is 6.92 Å². The topological polar surface area (TPSA) is 101 Å². The van der Waals surface area contributed by atoms with Crippen LogP contribution in [-0.4, -0.2) is 34.7 Å². The summed E-state index contributed by atoms with van der Waals surface area (Å²) in [6, 6.07) is 0. The first-order valence-electron chi connectivity index (χ1n) is 6.36. The first-order chi connectivity index (χ1) is 9.76. The van der Waals surface area contributed by atoms with Crippen molar-refractivity contribution in [1.82, 2.24) is 0 Å². The Morgan fingerprint density at radius 1 is 1.19 bits per heavy atom. The van der Waals surface area contributed by atoms with Crippen LogP contribution in [0.3, 0.4) is 0 Å². The van der Waals surface area contributed by atoms with Gasteiger partial charge in [-0.05, 0) is 19.8 Å². The Morgan fingerprint density at radius 3 is 2.14 bits per heavy atom. The third-order valence-corrected chi connectivity index (χ3v) is 2.20. The van der Waals surface area contributed by atoms with Crippen LogP contribution in [0.4, 0.5) is 0 Å². The Kier molecular flexibility index (Phi) is 12.6. The van der Waals surface area contributed by atoms with Crippen LogP contribution in [0.15, 0.2) is 36.5 Å². The molecular formula is C15H22O6. The molecule has 21 heavy (non-hydrogen) atoms. The summed E-state index contributed by atoms with van der Waals surface area (Å²) in [6.07, 6.45) is 4.53. The van der Waals surface area contributed by atoms with Crippen molar-refractivity contribution < 1.29 is 29.3 Å². The monoisotopic (exact) mass is 298 g/mol. The molecule has 0 saturated heterocycles. The molecule has 0 heterocycles. The summed E-state index contributed by atoms with van der Waals surface area (Å²) in [4.78, 5) is 30.8. The second-order valence-electron chi connectivity index (χ2n) is 4.03. The number of ether oxygens (including phenoxy) is 1. The Bertz CT molecular complexity index is 420. The van der Waals surface area contributed by atoms with E-state index in [0.29, 0.717) is 6.61 Å². The van der Waals surface area contributed by atoms with Gasteiger partial charge >= 0.3 is 17.9 Å². The van der Waals surface area contributed by atoms with E-state index in [1.165, 1.54) is 19.1 Å². The maximum Gasteiger partial charge on any atom is 0.331 e. The van der Waals surface area contributed by atoms with Gasteiger partial charge in [0, 0.05) is 17.2 Å². The predicted octanol–water partition coefficient (Wildman–Crippen LogP) is 2.56. The minimum Gasteiger partial charge on any atom is -0.478 e. The van der Waals surface area contributed by atoms with Crippen molar-refractivity contribution in [2.75, 3.05) is 6.61 Å². The number of carbonyl (C=O) groups excluding carboxylic acids is 1. The third-order valence-electron chi connectivity index (χ3n) is 2.20. The normalized spacial score (nSPS) is 9.90. The molecule has 0 unspecified atom stereocenters. The third kappa shape index (κ3) is 13.9. The molecule has 0 aliphatic heterocycles. The van der Waals surface area contributed by atoms with Gasteiger partial charge in [-0.3, -0.25) is 0 Å². The minimum atomic E-state index is -1.11. The van der Waals surface area contributed by atoms with Crippen LogP contribution in [0.2, 0.25) is 0 Å². The highest BCUT2D eigenvalue weighted by Crippen LogP contribution is 2.03. The summed E-state index contributed by atoms with van der Waals surface area (Å²) in [5.41, 5.74) is 0.105. The number of unbranched alkanes of at least 4 members (excludes halogenated alkanes) is 1. The maximum absolute atomic E-state index is 10.3. The van der Waals surface area contributed by atoms with Crippen LogP contribution in [0.5, 0.6) is 0 Å². The largest absolute Gasteiger partial charge is 0.478 e. The molecule has 0 aliphatic carbocycles. The van der Waals surface area contributed by atoms with Crippen molar-refractivity contribution in [2.45, 2.75) is 33.1 Å². The lowest BCUT2D eigenvalue weighted by molar-refractivity contribution is -0.138. The van der Waals surface area contributed by atoms with Crippen molar-refractivity contribution in [3.05, 3.63) is 36.5 Å². The molecule has 0 aromatic carbocycles. The first kappa shape index (κ1) is 20.9. The Labute approximate surface area is 124 Å². The molecule has 0 atom stereocenters. The summed E-state index contributed by atoms with van der Waals surface area (Å²) >= 11 is 0. The first-order valence-corrected chi connectivity index (χ1v) is 6.36. The molecule has 0 spiro atoms. The number of carboxylic acid groups (broad SMARTS) is 2. The number of hydrogen-bond acceptors (Lipinski definition) is 4. The Balaban J connectivity index is 0. The van der Waals surface area contributed by atoms with E-state index in [9.17, 15) is 14.4 Å². The average Bonchev–Trinajstić information content (AvgIpc) is 2.44. The predicted molar refractivity (Wildman–Crippen MR) is 78.8 cm³/mol. The summed E-state index contributed by atoms with van der Waals surface area (Å²) in [6.45, 7) is 10.5. The lowest BCUT2D eigenvalue weighted by Crippen LogP contribution is -2.00. The zero-order valence-corrected chi connectivity index (χ0v) is 12.4. The number of carboxylic acids is 2. The lowest BCUT2D eigenvalue weighted by Gasteiger charge is -1.97. The zero-order chi connectivity index (χ0) is 16.8. The lowest BCUT2D eigenvalue weighted by atomic mass is 10.1. The molecular weight excluding hydrogens is 276 g/mol. The summed E-state index contributed by atoms with van der Waals surface area (Å²) in [7, 11) is 0. The highest BCUT2D eigenvalue weighted by molar-refractivity contribution is 5.88. The molecule has 0 rings (SSSR count). The molecule has 0 radical (unpaired) electrons. The molecule has 0 bridgehead atoms. The second-order valence-corrected chi connectivity index (χ2v) is 4.03. The molecule has 0 saturated carbocycles. The van der Waals surface area contributed by atoms with E-state index >= 15 is 0 Å². The number of hydrogen-bond donors (Lipinski definition) is 2. The van der Waals surface area contributed by atoms with Gasteiger partial charge in [0.25, 0.3) is 0 Å². The van der Waals surface area contributed by atoms with Gasteiger partial charge in [-0.25, -0.2) is 14.4 Å². The van der Waals surface area contributed by atoms with E-state index in [0.717, 1.165) is 12.8 Å². The average molecular weight is 298 g/mol. The van der Waals surface area contributed by atoms with Crippen LogP contribution in [-0.2, 0) is 19.1 Å². The maximum atomic E-state index is 10.3. The van der Waals surface area contributed by atoms with Crippen LogP contribution in [0.25, 0.3) is 0 Å². The molecule has 6 nitrogen and oxygen atoms in total. The second kappa shape index (κ2) is 12.7. The molecule has 0 amide bonds. The van der Waals surface area contributed by atoms with E-state index in [-0.39, 0.29) is 23.5 Å². The molecule has 0 fully saturated rings. The van der Waals surface area contributed by atoms with Crippen molar-refractivity contribution in [3.8, 4) is 0 Å². The minimum absolute atomic E-state index is 0.0180. The molecule has 2 N–H and O–H groups in total. The Hall–Kier alpha value is -2.37. The fraction of sp³-hybridized carbons (Fsp3) is 0.400. The SMILES string of the molecule is C=C(CC=C(C)C(=O)O)C(=O)O.C=CC(=O)OCCCC. The molecule has 0 aliphatic rings. The molecule has 118 valence electrons. The summed E-state index contributed by atoms with van der Waals surface area (Å²) < 4.78 is 4.67. The van der Waals surface area contributed by atoms with Gasteiger partial charge in [0.15, 0.2) is 0 Å². The van der Waals surface area contributed by atoms with E-state index in [2.05, 4.69) is 17.9 Å². The van der Waals surface area contributed by atoms with Crippen molar-refractivity contribution in [1.29, 1.82) is 0 Å². The fourth-order valence-corrected chi connectivity index (χ4v) is 0.827. The van der Waals surface area contributed by atoms with Gasteiger partial charge in [0.2, 0.25) is 0 Å². The van der Waals surface area contributed by atoms with E-state index < -0.39 is 11.9 Å².